The Morgan fingerprint density at radius 1 is 0.950 bits per heavy atom. The highest BCUT2D eigenvalue weighted by Crippen LogP contribution is 2.55. The summed E-state index contributed by atoms with van der Waals surface area (Å²) in [6.45, 7) is 0. The molecule has 110 valence electrons. The number of hydrogen-bond acceptors (Lipinski definition) is 2. The second-order valence-electron chi connectivity index (χ2n) is 7.49. The van der Waals surface area contributed by atoms with E-state index in [1.54, 1.807) is 0 Å². The number of piperidine rings is 1. The normalized spacial score (nSPS) is 45.3. The number of hydrogen-bond donors (Lipinski definition) is 1. The minimum Gasteiger partial charge on any atom is -0.481 e. The Morgan fingerprint density at radius 3 is 2.10 bits per heavy atom. The molecule has 4 unspecified atom stereocenters. The topological polar surface area (TPSA) is 57.6 Å². The summed E-state index contributed by atoms with van der Waals surface area (Å²) in [4.78, 5) is 25.8. The highest BCUT2D eigenvalue weighted by atomic mass is 16.4. The van der Waals surface area contributed by atoms with Crippen LogP contribution in [-0.2, 0) is 9.59 Å². The molecule has 2 bridgehead atoms. The molecule has 4 heteroatoms. The zero-order valence-corrected chi connectivity index (χ0v) is 11.8. The molecule has 1 N–H and O–H groups in total. The van der Waals surface area contributed by atoms with Crippen molar-refractivity contribution in [2.75, 3.05) is 0 Å². The van der Waals surface area contributed by atoms with Gasteiger partial charge in [0.05, 0.1) is 0 Å². The fourth-order valence-electron chi connectivity index (χ4n) is 5.19. The minimum atomic E-state index is -0.690. The molecule has 4 nitrogen and oxygen atoms in total. The molecule has 20 heavy (non-hydrogen) atoms. The third-order valence-corrected chi connectivity index (χ3v) is 6.14. The monoisotopic (exact) mass is 277 g/mol. The number of nitrogens with zero attached hydrogens (tertiary/aromatic N) is 1. The molecule has 0 aromatic rings. The van der Waals surface area contributed by atoms with E-state index >= 15 is 0 Å². The molecule has 2 saturated heterocycles. The van der Waals surface area contributed by atoms with Gasteiger partial charge < -0.3 is 10.0 Å². The fraction of sp³-hybridized carbons (Fsp3) is 0.875. The van der Waals surface area contributed by atoms with Gasteiger partial charge in [-0.15, -0.1) is 0 Å². The lowest BCUT2D eigenvalue weighted by atomic mass is 9.87. The lowest BCUT2D eigenvalue weighted by molar-refractivity contribution is -0.142. The maximum absolute atomic E-state index is 12.8. The first kappa shape index (κ1) is 12.7. The standard InChI is InChI=1S/C16H23NO3/c18-15(19)5-9-3-13-1-2-14(4-9)17(13)16(20)12-7-10-6-11(10)8-12/h9-14H,1-8H2,(H,18,19). The van der Waals surface area contributed by atoms with E-state index in [0.29, 0.717) is 18.0 Å². The summed E-state index contributed by atoms with van der Waals surface area (Å²) in [5.41, 5.74) is 0. The van der Waals surface area contributed by atoms with Gasteiger partial charge in [-0.25, -0.2) is 0 Å². The van der Waals surface area contributed by atoms with Crippen LogP contribution in [0.25, 0.3) is 0 Å². The number of carbonyl (C=O) groups is 2. The quantitative estimate of drug-likeness (QED) is 0.861. The van der Waals surface area contributed by atoms with Crippen LogP contribution >= 0.6 is 0 Å². The Bertz CT molecular complexity index is 425. The Hall–Kier alpha value is -1.06. The second-order valence-corrected chi connectivity index (χ2v) is 7.49. The van der Waals surface area contributed by atoms with Crippen LogP contribution in [0.5, 0.6) is 0 Å². The molecule has 2 aliphatic heterocycles. The van der Waals surface area contributed by atoms with E-state index in [9.17, 15) is 9.59 Å². The van der Waals surface area contributed by atoms with Crippen LogP contribution < -0.4 is 0 Å². The number of carboxylic acids is 1. The van der Waals surface area contributed by atoms with E-state index in [1.807, 2.05) is 0 Å². The van der Waals surface area contributed by atoms with Crippen LogP contribution in [0, 0.1) is 23.7 Å². The maximum Gasteiger partial charge on any atom is 0.303 e. The van der Waals surface area contributed by atoms with E-state index in [-0.39, 0.29) is 18.3 Å². The fourth-order valence-corrected chi connectivity index (χ4v) is 5.19. The highest BCUT2D eigenvalue weighted by molar-refractivity contribution is 5.80. The number of carbonyl (C=O) groups excluding carboxylic acids is 1. The van der Waals surface area contributed by atoms with Crippen molar-refractivity contribution >= 4 is 11.9 Å². The number of amides is 1. The summed E-state index contributed by atoms with van der Waals surface area (Å²) in [5, 5.41) is 8.96. The third kappa shape index (κ3) is 2.04. The van der Waals surface area contributed by atoms with Crippen LogP contribution in [-0.4, -0.2) is 34.0 Å². The van der Waals surface area contributed by atoms with Gasteiger partial charge in [-0.1, -0.05) is 0 Å². The zero-order chi connectivity index (χ0) is 13.9. The summed E-state index contributed by atoms with van der Waals surface area (Å²) in [6, 6.07) is 0.671. The van der Waals surface area contributed by atoms with Crippen molar-refractivity contribution in [2.24, 2.45) is 23.7 Å². The first-order valence-electron chi connectivity index (χ1n) is 8.15. The van der Waals surface area contributed by atoms with Crippen molar-refractivity contribution in [1.82, 2.24) is 4.90 Å². The maximum atomic E-state index is 12.8. The lowest BCUT2D eigenvalue weighted by Crippen LogP contribution is -2.49. The third-order valence-electron chi connectivity index (χ3n) is 6.14. The van der Waals surface area contributed by atoms with E-state index in [0.717, 1.165) is 50.4 Å². The minimum absolute atomic E-state index is 0.280. The van der Waals surface area contributed by atoms with Gasteiger partial charge in [0.25, 0.3) is 0 Å². The molecule has 4 aliphatic rings. The molecule has 0 spiro atoms. The molecule has 4 rings (SSSR count). The predicted octanol–water partition coefficient (Wildman–Crippen LogP) is 2.28. The molecule has 0 aromatic carbocycles. The average Bonchev–Trinajstić information content (AvgIpc) is 2.90. The van der Waals surface area contributed by atoms with Gasteiger partial charge in [0, 0.05) is 24.4 Å². The number of aliphatic carboxylic acids is 1. The van der Waals surface area contributed by atoms with Crippen LogP contribution in [0.4, 0.5) is 0 Å². The van der Waals surface area contributed by atoms with Gasteiger partial charge >= 0.3 is 5.97 Å². The Balaban J connectivity index is 1.42. The molecule has 2 saturated carbocycles. The van der Waals surface area contributed by atoms with Crippen molar-refractivity contribution in [1.29, 1.82) is 0 Å². The summed E-state index contributed by atoms with van der Waals surface area (Å²) in [5.74, 6) is 1.99. The molecule has 4 atom stereocenters. The van der Waals surface area contributed by atoms with Gasteiger partial charge in [0.1, 0.15) is 0 Å². The lowest BCUT2D eigenvalue weighted by Gasteiger charge is -2.40. The number of fused-ring (bicyclic) bond motifs is 3. The van der Waals surface area contributed by atoms with Crippen LogP contribution in [0.3, 0.4) is 0 Å². The smallest absolute Gasteiger partial charge is 0.303 e. The van der Waals surface area contributed by atoms with E-state index in [1.165, 1.54) is 6.42 Å². The van der Waals surface area contributed by atoms with Gasteiger partial charge in [0.2, 0.25) is 5.91 Å². The van der Waals surface area contributed by atoms with Crippen LogP contribution in [0.2, 0.25) is 0 Å². The Kier molecular flexibility index (Phi) is 2.83. The predicted molar refractivity (Wildman–Crippen MR) is 73.0 cm³/mol. The number of carboxylic acid groups (broad SMARTS) is 1. The Morgan fingerprint density at radius 2 is 1.55 bits per heavy atom. The van der Waals surface area contributed by atoms with Gasteiger partial charge in [-0.2, -0.15) is 0 Å². The van der Waals surface area contributed by atoms with Gasteiger partial charge in [-0.3, -0.25) is 9.59 Å². The summed E-state index contributed by atoms with van der Waals surface area (Å²) in [6.07, 6.45) is 7.89. The molecular formula is C16H23NO3. The Labute approximate surface area is 119 Å². The largest absolute Gasteiger partial charge is 0.481 e. The first-order chi connectivity index (χ1) is 9.61. The van der Waals surface area contributed by atoms with Gasteiger partial charge in [-0.05, 0) is 62.7 Å². The zero-order valence-electron chi connectivity index (χ0n) is 11.8. The van der Waals surface area contributed by atoms with E-state index in [2.05, 4.69) is 4.90 Å². The van der Waals surface area contributed by atoms with Crippen LogP contribution in [0.1, 0.15) is 51.4 Å². The summed E-state index contributed by atoms with van der Waals surface area (Å²) >= 11 is 0. The molecule has 0 radical (unpaired) electrons. The average molecular weight is 277 g/mol. The van der Waals surface area contributed by atoms with E-state index < -0.39 is 5.97 Å². The molecule has 2 aliphatic carbocycles. The van der Waals surface area contributed by atoms with Gasteiger partial charge in [0.15, 0.2) is 0 Å². The first-order valence-corrected chi connectivity index (χ1v) is 8.15. The molecule has 2 heterocycles. The molecule has 0 aromatic heterocycles. The number of rotatable bonds is 3. The van der Waals surface area contributed by atoms with Crippen LogP contribution in [0.15, 0.2) is 0 Å². The van der Waals surface area contributed by atoms with Crippen molar-refractivity contribution in [3.8, 4) is 0 Å². The van der Waals surface area contributed by atoms with Crippen molar-refractivity contribution in [3.63, 3.8) is 0 Å². The highest BCUT2D eigenvalue weighted by Gasteiger charge is 2.52. The van der Waals surface area contributed by atoms with Crippen molar-refractivity contribution in [2.45, 2.75) is 63.5 Å². The second kappa shape index (κ2) is 4.47. The molecule has 4 fully saturated rings. The van der Waals surface area contributed by atoms with E-state index in [4.69, 9.17) is 5.11 Å². The summed E-state index contributed by atoms with van der Waals surface area (Å²) in [7, 11) is 0. The van der Waals surface area contributed by atoms with Crippen molar-refractivity contribution < 1.29 is 14.7 Å². The van der Waals surface area contributed by atoms with Crippen molar-refractivity contribution in [3.05, 3.63) is 0 Å². The molecular weight excluding hydrogens is 254 g/mol. The molecule has 1 amide bonds. The SMILES string of the molecule is O=C(O)CC1CC2CCC(C1)N2C(=O)C1CC2CC2C1. The summed E-state index contributed by atoms with van der Waals surface area (Å²) < 4.78 is 0.